The quantitative estimate of drug-likeness (QED) is 0.811. The molecule has 0 saturated carbocycles. The molecule has 0 amide bonds. The molecule has 98 valence electrons. The van der Waals surface area contributed by atoms with Crippen molar-refractivity contribution in [2.24, 2.45) is 4.99 Å². The first kappa shape index (κ1) is 13.3. The fourth-order valence-corrected chi connectivity index (χ4v) is 2.47. The number of fused-ring (bicyclic) bond motifs is 1. The van der Waals surface area contributed by atoms with Gasteiger partial charge in [0.25, 0.3) is 5.56 Å². The SMILES string of the molecule is CNC1N=c2c(cc(Br)c(=O)n2C(C)C)=C(C)N1. The van der Waals surface area contributed by atoms with E-state index in [-0.39, 0.29) is 17.9 Å². The van der Waals surface area contributed by atoms with E-state index >= 15 is 0 Å². The van der Waals surface area contributed by atoms with Crippen molar-refractivity contribution >= 4 is 21.6 Å². The van der Waals surface area contributed by atoms with E-state index in [0.717, 1.165) is 16.4 Å². The Labute approximate surface area is 114 Å². The molecule has 0 radical (unpaired) electrons. The topological polar surface area (TPSA) is 58.4 Å². The van der Waals surface area contributed by atoms with Crippen LogP contribution in [0.4, 0.5) is 0 Å². The third-order valence-corrected chi connectivity index (χ3v) is 3.53. The van der Waals surface area contributed by atoms with Crippen LogP contribution in [0, 0.1) is 0 Å². The Bertz CT molecular complexity index is 647. The molecule has 2 rings (SSSR count). The Morgan fingerprint density at radius 3 is 2.78 bits per heavy atom. The molecule has 0 saturated heterocycles. The summed E-state index contributed by atoms with van der Waals surface area (Å²) in [5, 5.41) is 7.25. The normalized spacial score (nSPS) is 18.3. The summed E-state index contributed by atoms with van der Waals surface area (Å²) >= 11 is 3.32. The monoisotopic (exact) mass is 312 g/mol. The molecule has 1 atom stereocenters. The van der Waals surface area contributed by atoms with Gasteiger partial charge in [0.1, 0.15) is 5.49 Å². The number of pyridine rings is 1. The number of aromatic nitrogens is 1. The standard InChI is InChI=1S/C12H17BrN4O/c1-6(2)17-10-8(5-9(13)11(17)18)7(3)15-12(14-4)16-10/h5-6,12,14-15H,1-4H3. The molecule has 1 aliphatic heterocycles. The minimum absolute atomic E-state index is 0.0444. The second kappa shape index (κ2) is 4.85. The van der Waals surface area contributed by atoms with Crippen molar-refractivity contribution < 1.29 is 0 Å². The van der Waals surface area contributed by atoms with Gasteiger partial charge in [0.2, 0.25) is 0 Å². The first-order chi connectivity index (χ1) is 8.45. The molecule has 2 N–H and O–H groups in total. The van der Waals surface area contributed by atoms with Crippen molar-refractivity contribution in [2.75, 3.05) is 7.05 Å². The van der Waals surface area contributed by atoms with E-state index in [2.05, 4.69) is 31.6 Å². The third-order valence-electron chi connectivity index (χ3n) is 2.96. The molecule has 0 bridgehead atoms. The van der Waals surface area contributed by atoms with E-state index in [4.69, 9.17) is 0 Å². The summed E-state index contributed by atoms with van der Waals surface area (Å²) < 4.78 is 2.28. The van der Waals surface area contributed by atoms with Gasteiger partial charge in [-0.1, -0.05) is 0 Å². The van der Waals surface area contributed by atoms with Gasteiger partial charge in [-0.2, -0.15) is 0 Å². The van der Waals surface area contributed by atoms with Gasteiger partial charge < -0.3 is 5.32 Å². The lowest BCUT2D eigenvalue weighted by Crippen LogP contribution is -2.54. The first-order valence-corrected chi connectivity index (χ1v) is 6.68. The molecular weight excluding hydrogens is 296 g/mol. The third kappa shape index (κ3) is 2.10. The van der Waals surface area contributed by atoms with Gasteiger partial charge in [0.15, 0.2) is 6.29 Å². The average molecular weight is 313 g/mol. The lowest BCUT2D eigenvalue weighted by Gasteiger charge is -2.22. The first-order valence-electron chi connectivity index (χ1n) is 5.89. The number of rotatable bonds is 2. The van der Waals surface area contributed by atoms with Crippen LogP contribution in [0.1, 0.15) is 26.8 Å². The summed E-state index contributed by atoms with van der Waals surface area (Å²) in [6.07, 6.45) is -0.192. The molecule has 1 unspecified atom stereocenters. The molecular formula is C12H17BrN4O. The van der Waals surface area contributed by atoms with Gasteiger partial charge in [-0.25, -0.2) is 4.99 Å². The summed E-state index contributed by atoms with van der Waals surface area (Å²) in [6, 6.07) is 1.89. The van der Waals surface area contributed by atoms with Gasteiger partial charge >= 0.3 is 0 Å². The zero-order valence-corrected chi connectivity index (χ0v) is 12.5. The van der Waals surface area contributed by atoms with E-state index in [1.807, 2.05) is 33.9 Å². The molecule has 0 spiro atoms. The molecule has 1 aliphatic rings. The number of hydrogen-bond donors (Lipinski definition) is 2. The molecule has 0 aliphatic carbocycles. The van der Waals surface area contributed by atoms with E-state index < -0.39 is 0 Å². The van der Waals surface area contributed by atoms with E-state index in [1.165, 1.54) is 0 Å². The number of nitrogens with zero attached hydrogens (tertiary/aromatic N) is 2. The molecule has 2 heterocycles. The summed E-state index contributed by atoms with van der Waals surface area (Å²) in [5.74, 6) is 0. The van der Waals surface area contributed by atoms with Gasteiger partial charge in [-0.15, -0.1) is 0 Å². The Kier molecular flexibility index (Phi) is 3.59. The Morgan fingerprint density at radius 2 is 2.22 bits per heavy atom. The number of nitrogens with one attached hydrogen (secondary N) is 2. The number of hydrogen-bond acceptors (Lipinski definition) is 4. The predicted molar refractivity (Wildman–Crippen MR) is 74.6 cm³/mol. The zero-order valence-electron chi connectivity index (χ0n) is 10.9. The Morgan fingerprint density at radius 1 is 1.56 bits per heavy atom. The van der Waals surface area contributed by atoms with Crippen LogP contribution in [0.3, 0.4) is 0 Å². The Hall–Kier alpha value is -1.14. The maximum atomic E-state index is 12.2. The van der Waals surface area contributed by atoms with Crippen LogP contribution in [0.5, 0.6) is 0 Å². The fraction of sp³-hybridized carbons (Fsp3) is 0.500. The van der Waals surface area contributed by atoms with Gasteiger partial charge in [0.05, 0.1) is 4.47 Å². The summed E-state index contributed by atoms with van der Waals surface area (Å²) in [6.45, 7) is 5.95. The predicted octanol–water partition coefficient (Wildman–Crippen LogP) is 0.0456. The largest absolute Gasteiger partial charge is 0.354 e. The van der Waals surface area contributed by atoms with Crippen LogP contribution in [0.15, 0.2) is 20.3 Å². The lowest BCUT2D eigenvalue weighted by molar-refractivity contribution is 0.478. The van der Waals surface area contributed by atoms with Crippen LogP contribution >= 0.6 is 15.9 Å². The van der Waals surface area contributed by atoms with Crippen molar-refractivity contribution in [1.29, 1.82) is 0 Å². The molecule has 1 aromatic rings. The average Bonchev–Trinajstić information content (AvgIpc) is 2.31. The van der Waals surface area contributed by atoms with Crippen molar-refractivity contribution in [2.45, 2.75) is 33.1 Å². The van der Waals surface area contributed by atoms with Crippen LogP contribution in [-0.2, 0) is 0 Å². The van der Waals surface area contributed by atoms with Crippen molar-refractivity contribution in [3.8, 4) is 0 Å². The molecule has 1 aromatic heterocycles. The summed E-state index contributed by atoms with van der Waals surface area (Å²) in [7, 11) is 1.83. The highest BCUT2D eigenvalue weighted by Crippen LogP contribution is 2.03. The molecule has 18 heavy (non-hydrogen) atoms. The van der Waals surface area contributed by atoms with Gasteiger partial charge in [0, 0.05) is 17.0 Å². The lowest BCUT2D eigenvalue weighted by atomic mass is 10.2. The highest BCUT2D eigenvalue weighted by Gasteiger charge is 2.15. The maximum absolute atomic E-state index is 12.2. The number of halogens is 1. The summed E-state index contributed by atoms with van der Waals surface area (Å²) in [4.78, 5) is 16.7. The van der Waals surface area contributed by atoms with Crippen molar-refractivity contribution in [3.63, 3.8) is 0 Å². The summed E-state index contributed by atoms with van der Waals surface area (Å²) in [5.41, 5.74) is 1.69. The van der Waals surface area contributed by atoms with Crippen molar-refractivity contribution in [3.05, 3.63) is 31.6 Å². The zero-order chi connectivity index (χ0) is 13.4. The van der Waals surface area contributed by atoms with Crippen molar-refractivity contribution in [1.82, 2.24) is 15.2 Å². The smallest absolute Gasteiger partial charge is 0.266 e. The van der Waals surface area contributed by atoms with E-state index in [9.17, 15) is 4.79 Å². The highest BCUT2D eigenvalue weighted by atomic mass is 79.9. The van der Waals surface area contributed by atoms with Crippen LogP contribution in [0.2, 0.25) is 0 Å². The second-order valence-electron chi connectivity index (χ2n) is 4.59. The second-order valence-corrected chi connectivity index (χ2v) is 5.44. The van der Waals surface area contributed by atoms with Crippen LogP contribution in [-0.4, -0.2) is 17.9 Å². The van der Waals surface area contributed by atoms with Gasteiger partial charge in [-0.3, -0.25) is 14.7 Å². The van der Waals surface area contributed by atoms with E-state index in [1.54, 1.807) is 4.57 Å². The van der Waals surface area contributed by atoms with Crippen LogP contribution < -0.4 is 26.9 Å². The molecule has 0 aromatic carbocycles. The minimum atomic E-state index is -0.192. The fourth-order valence-electron chi connectivity index (χ4n) is 2.05. The maximum Gasteiger partial charge on any atom is 0.266 e. The Balaban J connectivity index is 2.93. The van der Waals surface area contributed by atoms with Crippen LogP contribution in [0.25, 0.3) is 5.70 Å². The van der Waals surface area contributed by atoms with E-state index in [0.29, 0.717) is 4.47 Å². The highest BCUT2D eigenvalue weighted by molar-refractivity contribution is 9.10. The molecule has 0 fully saturated rings. The molecule has 6 heteroatoms. The molecule has 5 nitrogen and oxygen atoms in total. The van der Waals surface area contributed by atoms with Gasteiger partial charge in [-0.05, 0) is 49.8 Å². The minimum Gasteiger partial charge on any atom is -0.354 e.